The number of aromatic nitrogens is 3. The molecule has 2 aromatic heterocycles. The number of carbonyl (C=O) groups is 1. The van der Waals surface area contributed by atoms with Gasteiger partial charge in [-0.1, -0.05) is 52.6 Å². The number of methoxy groups -OCH3 is 1. The van der Waals surface area contributed by atoms with Crippen LogP contribution in [-0.4, -0.2) is 27.7 Å². The van der Waals surface area contributed by atoms with Crippen LogP contribution in [0.4, 0.5) is 0 Å². The molecule has 0 radical (unpaired) electrons. The molecule has 0 aliphatic carbocycles. The summed E-state index contributed by atoms with van der Waals surface area (Å²) in [6, 6.07) is 1.94. The number of carbonyl (C=O) groups excluding carboxylic acids is 1. The van der Waals surface area contributed by atoms with Gasteiger partial charge in [0.2, 0.25) is 0 Å². The van der Waals surface area contributed by atoms with Crippen molar-refractivity contribution in [3.05, 3.63) is 28.2 Å². The van der Waals surface area contributed by atoms with Crippen LogP contribution in [0, 0.1) is 12.8 Å². The Kier molecular flexibility index (Phi) is 5.23. The van der Waals surface area contributed by atoms with Gasteiger partial charge in [0.1, 0.15) is 5.15 Å². The van der Waals surface area contributed by atoms with Crippen molar-refractivity contribution in [3.63, 3.8) is 0 Å². The van der Waals surface area contributed by atoms with Gasteiger partial charge in [-0.15, -0.1) is 0 Å². The maximum absolute atomic E-state index is 12.4. The van der Waals surface area contributed by atoms with E-state index in [9.17, 15) is 4.79 Å². The van der Waals surface area contributed by atoms with Crippen LogP contribution in [0.15, 0.2) is 6.07 Å². The molecule has 132 valence electrons. The van der Waals surface area contributed by atoms with E-state index in [2.05, 4.69) is 30.9 Å². The quantitative estimate of drug-likeness (QED) is 0.609. The number of fused-ring (bicyclic) bond motifs is 1. The molecule has 0 N–H and O–H groups in total. The second-order valence-corrected chi connectivity index (χ2v) is 7.70. The normalized spacial score (nSPS) is 14.7. The van der Waals surface area contributed by atoms with E-state index in [1.54, 1.807) is 4.52 Å². The molecule has 2 heterocycles. The Morgan fingerprint density at radius 2 is 2.04 bits per heavy atom. The summed E-state index contributed by atoms with van der Waals surface area (Å²) >= 11 is 6.66. The summed E-state index contributed by atoms with van der Waals surface area (Å²) in [6.45, 7) is 12.2. The average molecular weight is 352 g/mol. The van der Waals surface area contributed by atoms with Crippen molar-refractivity contribution >= 4 is 23.2 Å². The summed E-state index contributed by atoms with van der Waals surface area (Å²) in [7, 11) is 1.40. The highest BCUT2D eigenvalue weighted by Crippen LogP contribution is 2.35. The number of nitrogens with zero attached hydrogens (tertiary/aromatic N) is 3. The number of hydrogen-bond acceptors (Lipinski definition) is 4. The Morgan fingerprint density at radius 3 is 2.54 bits per heavy atom. The van der Waals surface area contributed by atoms with Crippen LogP contribution in [0.3, 0.4) is 0 Å². The summed E-state index contributed by atoms with van der Waals surface area (Å²) in [6.07, 6.45) is 0.833. The number of esters is 1. The third kappa shape index (κ3) is 3.27. The molecule has 0 saturated carbocycles. The molecule has 2 unspecified atom stereocenters. The van der Waals surface area contributed by atoms with Crippen LogP contribution in [0.1, 0.15) is 63.9 Å². The van der Waals surface area contributed by atoms with Gasteiger partial charge in [0, 0.05) is 22.7 Å². The Balaban J connectivity index is 2.71. The highest BCUT2D eigenvalue weighted by molar-refractivity contribution is 6.30. The molecule has 24 heavy (non-hydrogen) atoms. The first kappa shape index (κ1) is 18.7. The van der Waals surface area contributed by atoms with E-state index in [1.165, 1.54) is 7.11 Å². The second kappa shape index (κ2) is 6.71. The summed E-state index contributed by atoms with van der Waals surface area (Å²) in [4.78, 5) is 17.0. The van der Waals surface area contributed by atoms with Gasteiger partial charge < -0.3 is 4.74 Å². The molecular formula is C18H26ClN3O2. The van der Waals surface area contributed by atoms with Crippen LogP contribution >= 0.6 is 11.6 Å². The predicted molar refractivity (Wildman–Crippen MR) is 95.6 cm³/mol. The Labute approximate surface area is 148 Å². The summed E-state index contributed by atoms with van der Waals surface area (Å²) in [5.74, 6) is -0.657. The molecule has 2 aromatic rings. The largest absolute Gasteiger partial charge is 0.469 e. The fraction of sp³-hybridized carbons (Fsp3) is 0.611. The molecule has 0 bridgehead atoms. The van der Waals surface area contributed by atoms with Crippen LogP contribution in [-0.2, 0) is 14.9 Å². The SMILES string of the molecule is CCC(C)C(C(=O)OC)c1c(C)nc2cc(C(C)(C)C)nn2c1Cl. The van der Waals surface area contributed by atoms with Gasteiger partial charge in [-0.25, -0.2) is 9.50 Å². The third-order valence-corrected chi connectivity index (χ3v) is 4.88. The Hall–Kier alpha value is -1.62. The minimum atomic E-state index is -0.452. The fourth-order valence-corrected chi connectivity index (χ4v) is 3.19. The van der Waals surface area contributed by atoms with E-state index in [-0.39, 0.29) is 17.3 Å². The number of rotatable bonds is 4. The second-order valence-electron chi connectivity index (χ2n) is 7.34. The lowest BCUT2D eigenvalue weighted by Gasteiger charge is -2.23. The topological polar surface area (TPSA) is 56.5 Å². The van der Waals surface area contributed by atoms with Crippen molar-refractivity contribution in [1.82, 2.24) is 14.6 Å². The molecule has 0 aliphatic rings. The van der Waals surface area contributed by atoms with Gasteiger partial charge in [0.15, 0.2) is 5.65 Å². The zero-order valence-electron chi connectivity index (χ0n) is 15.5. The van der Waals surface area contributed by atoms with E-state index in [1.807, 2.05) is 26.8 Å². The number of hydrogen-bond donors (Lipinski definition) is 0. The van der Waals surface area contributed by atoms with Crippen LogP contribution in [0.25, 0.3) is 5.65 Å². The van der Waals surface area contributed by atoms with E-state index < -0.39 is 5.92 Å². The number of ether oxygens (including phenoxy) is 1. The van der Waals surface area contributed by atoms with E-state index >= 15 is 0 Å². The molecule has 0 amide bonds. The zero-order chi connectivity index (χ0) is 18.2. The zero-order valence-corrected chi connectivity index (χ0v) is 16.2. The lowest BCUT2D eigenvalue weighted by Crippen LogP contribution is -2.23. The monoisotopic (exact) mass is 351 g/mol. The van der Waals surface area contributed by atoms with Gasteiger partial charge in [-0.2, -0.15) is 5.10 Å². The van der Waals surface area contributed by atoms with E-state index in [4.69, 9.17) is 16.3 Å². The third-order valence-electron chi connectivity index (χ3n) is 4.52. The Bertz CT molecular complexity index is 762. The van der Waals surface area contributed by atoms with Crippen LogP contribution in [0.2, 0.25) is 5.15 Å². The van der Waals surface area contributed by atoms with Gasteiger partial charge in [-0.05, 0) is 12.8 Å². The maximum Gasteiger partial charge on any atom is 0.313 e. The fourth-order valence-electron chi connectivity index (χ4n) is 2.81. The molecular weight excluding hydrogens is 326 g/mol. The first-order valence-electron chi connectivity index (χ1n) is 8.25. The van der Waals surface area contributed by atoms with Gasteiger partial charge in [0.05, 0.1) is 18.7 Å². The van der Waals surface area contributed by atoms with Crippen molar-refractivity contribution in [1.29, 1.82) is 0 Å². The molecule has 2 rings (SSSR count). The molecule has 0 fully saturated rings. The lowest BCUT2D eigenvalue weighted by atomic mass is 9.85. The summed E-state index contributed by atoms with van der Waals surface area (Å²) < 4.78 is 6.64. The highest BCUT2D eigenvalue weighted by Gasteiger charge is 2.32. The smallest absolute Gasteiger partial charge is 0.313 e. The van der Waals surface area contributed by atoms with Gasteiger partial charge in [0.25, 0.3) is 0 Å². The molecule has 0 aliphatic heterocycles. The molecule has 0 aromatic carbocycles. The minimum Gasteiger partial charge on any atom is -0.469 e. The molecule has 0 spiro atoms. The summed E-state index contributed by atoms with van der Waals surface area (Å²) in [5.41, 5.74) is 2.94. The average Bonchev–Trinajstić information content (AvgIpc) is 2.94. The molecule has 0 saturated heterocycles. The minimum absolute atomic E-state index is 0.0885. The highest BCUT2D eigenvalue weighted by atomic mass is 35.5. The van der Waals surface area contributed by atoms with Crippen molar-refractivity contribution in [2.24, 2.45) is 5.92 Å². The van der Waals surface area contributed by atoms with Crippen LogP contribution in [0.5, 0.6) is 0 Å². The predicted octanol–water partition coefficient (Wildman–Crippen LogP) is 4.29. The van der Waals surface area contributed by atoms with E-state index in [0.717, 1.165) is 17.8 Å². The first-order valence-corrected chi connectivity index (χ1v) is 8.63. The Morgan fingerprint density at radius 1 is 1.42 bits per heavy atom. The summed E-state index contributed by atoms with van der Waals surface area (Å²) in [5, 5.41) is 5.04. The van der Waals surface area contributed by atoms with Gasteiger partial charge >= 0.3 is 5.97 Å². The van der Waals surface area contributed by atoms with Crippen molar-refractivity contribution in [3.8, 4) is 0 Å². The molecule has 6 heteroatoms. The molecule has 2 atom stereocenters. The first-order chi connectivity index (χ1) is 11.1. The van der Waals surface area contributed by atoms with Crippen LogP contribution < -0.4 is 0 Å². The van der Waals surface area contributed by atoms with Crippen molar-refractivity contribution in [2.75, 3.05) is 7.11 Å². The number of halogens is 1. The van der Waals surface area contributed by atoms with Crippen molar-refractivity contribution < 1.29 is 9.53 Å². The standard InChI is InChI=1S/C18H26ClN3O2/c1-8-10(2)14(17(23)24-7)15-11(3)20-13-9-12(18(4,5)6)21-22(13)16(15)19/h9-10,14H,8H2,1-7H3. The lowest BCUT2D eigenvalue weighted by molar-refractivity contribution is -0.143. The maximum atomic E-state index is 12.4. The van der Waals surface area contributed by atoms with Gasteiger partial charge in [-0.3, -0.25) is 4.79 Å². The molecule has 5 nitrogen and oxygen atoms in total. The number of aryl methyl sites for hydroxylation is 1. The van der Waals surface area contributed by atoms with Crippen molar-refractivity contribution in [2.45, 2.75) is 59.3 Å². The van der Waals surface area contributed by atoms with E-state index in [0.29, 0.717) is 16.4 Å².